The van der Waals surface area contributed by atoms with Crippen LogP contribution in [-0.4, -0.2) is 24.4 Å². The summed E-state index contributed by atoms with van der Waals surface area (Å²) in [7, 11) is 0. The molecule has 0 radical (unpaired) electrons. The molecule has 0 amide bonds. The predicted molar refractivity (Wildman–Crippen MR) is 80.0 cm³/mol. The van der Waals surface area contributed by atoms with E-state index in [2.05, 4.69) is 26.1 Å². The summed E-state index contributed by atoms with van der Waals surface area (Å²) in [5.41, 5.74) is 0.739. The molecule has 0 aliphatic carbocycles. The minimum atomic E-state index is -0.204. The van der Waals surface area contributed by atoms with E-state index in [-0.39, 0.29) is 29.7 Å². The summed E-state index contributed by atoms with van der Waals surface area (Å²) in [5, 5.41) is 3.48. The van der Waals surface area contributed by atoms with E-state index in [0.717, 1.165) is 37.1 Å². The first-order chi connectivity index (χ1) is 10.0. The van der Waals surface area contributed by atoms with E-state index in [9.17, 15) is 4.39 Å². The molecule has 1 saturated heterocycles. The molecule has 3 atom stereocenters. The largest absolute Gasteiger partial charge is 0.487 e. The van der Waals surface area contributed by atoms with Crippen molar-refractivity contribution in [2.45, 2.75) is 63.9 Å². The van der Waals surface area contributed by atoms with Gasteiger partial charge >= 0.3 is 0 Å². The van der Waals surface area contributed by atoms with E-state index in [4.69, 9.17) is 9.47 Å². The number of ether oxygens (including phenoxy) is 2. The SMILES string of the molecule is CCNC1CC2(CC(C)OC(C)C2)Oc2ccc(F)cc21. The molecule has 3 nitrogen and oxygen atoms in total. The van der Waals surface area contributed by atoms with Gasteiger partial charge in [0.15, 0.2) is 0 Å². The van der Waals surface area contributed by atoms with E-state index in [1.54, 1.807) is 12.1 Å². The third-order valence-corrected chi connectivity index (χ3v) is 4.48. The fourth-order valence-electron chi connectivity index (χ4n) is 3.94. The van der Waals surface area contributed by atoms with Gasteiger partial charge in [-0.1, -0.05) is 6.92 Å². The normalized spacial score (nSPS) is 35.3. The summed E-state index contributed by atoms with van der Waals surface area (Å²) in [6, 6.07) is 4.99. The fourth-order valence-corrected chi connectivity index (χ4v) is 3.94. The Balaban J connectivity index is 1.95. The summed E-state index contributed by atoms with van der Waals surface area (Å²) in [4.78, 5) is 0. The number of benzene rings is 1. The van der Waals surface area contributed by atoms with Crippen LogP contribution in [0.2, 0.25) is 0 Å². The molecular weight excluding hydrogens is 269 g/mol. The van der Waals surface area contributed by atoms with Crippen LogP contribution in [0.3, 0.4) is 0 Å². The Morgan fingerprint density at radius 1 is 1.24 bits per heavy atom. The Labute approximate surface area is 125 Å². The van der Waals surface area contributed by atoms with E-state index in [1.165, 1.54) is 6.07 Å². The highest BCUT2D eigenvalue weighted by atomic mass is 19.1. The summed E-state index contributed by atoms with van der Waals surface area (Å²) >= 11 is 0. The molecule has 0 bridgehead atoms. The topological polar surface area (TPSA) is 30.5 Å². The van der Waals surface area contributed by atoms with Gasteiger partial charge in [-0.3, -0.25) is 0 Å². The molecule has 1 spiro atoms. The van der Waals surface area contributed by atoms with Gasteiger partial charge in [-0.25, -0.2) is 4.39 Å². The Hall–Kier alpha value is -1.13. The quantitative estimate of drug-likeness (QED) is 0.904. The molecule has 1 aromatic carbocycles. The molecule has 1 N–H and O–H groups in total. The van der Waals surface area contributed by atoms with Crippen molar-refractivity contribution in [3.63, 3.8) is 0 Å². The molecule has 2 heterocycles. The second-order valence-electron chi connectivity index (χ2n) is 6.45. The van der Waals surface area contributed by atoms with Gasteiger partial charge in [-0.2, -0.15) is 0 Å². The maximum absolute atomic E-state index is 13.6. The maximum Gasteiger partial charge on any atom is 0.125 e. The monoisotopic (exact) mass is 293 g/mol. The van der Waals surface area contributed by atoms with Crippen LogP contribution in [0.5, 0.6) is 5.75 Å². The van der Waals surface area contributed by atoms with Crippen LogP contribution in [0.25, 0.3) is 0 Å². The van der Waals surface area contributed by atoms with Crippen molar-refractivity contribution in [3.05, 3.63) is 29.6 Å². The van der Waals surface area contributed by atoms with Crippen molar-refractivity contribution in [1.82, 2.24) is 5.32 Å². The van der Waals surface area contributed by atoms with E-state index < -0.39 is 0 Å². The minimum Gasteiger partial charge on any atom is -0.487 e. The summed E-state index contributed by atoms with van der Waals surface area (Å²) < 4.78 is 25.8. The van der Waals surface area contributed by atoms with Gasteiger partial charge in [0.1, 0.15) is 17.2 Å². The third-order valence-electron chi connectivity index (χ3n) is 4.48. The summed E-state index contributed by atoms with van der Waals surface area (Å²) in [5.74, 6) is 0.611. The number of nitrogens with one attached hydrogen (secondary N) is 1. The van der Waals surface area contributed by atoms with Crippen molar-refractivity contribution < 1.29 is 13.9 Å². The molecule has 0 saturated carbocycles. The van der Waals surface area contributed by atoms with Crippen molar-refractivity contribution in [2.75, 3.05) is 6.54 Å². The minimum absolute atomic E-state index is 0.145. The molecule has 1 aromatic rings. The second-order valence-corrected chi connectivity index (χ2v) is 6.45. The van der Waals surface area contributed by atoms with Crippen molar-refractivity contribution in [2.24, 2.45) is 0 Å². The average Bonchev–Trinajstić information content (AvgIpc) is 2.38. The van der Waals surface area contributed by atoms with Crippen molar-refractivity contribution in [1.29, 1.82) is 0 Å². The van der Waals surface area contributed by atoms with E-state index >= 15 is 0 Å². The third kappa shape index (κ3) is 2.92. The molecule has 3 rings (SSSR count). The first kappa shape index (κ1) is 14.8. The number of hydrogen-bond donors (Lipinski definition) is 1. The van der Waals surface area contributed by atoms with Crippen molar-refractivity contribution >= 4 is 0 Å². The first-order valence-corrected chi connectivity index (χ1v) is 7.88. The lowest BCUT2D eigenvalue weighted by Gasteiger charge is -2.48. The number of rotatable bonds is 2. The number of halogens is 1. The van der Waals surface area contributed by atoms with Gasteiger partial charge in [0.2, 0.25) is 0 Å². The van der Waals surface area contributed by atoms with Gasteiger partial charge in [0, 0.05) is 30.9 Å². The second kappa shape index (κ2) is 5.58. The molecule has 0 aromatic heterocycles. The summed E-state index contributed by atoms with van der Waals surface area (Å²) in [6.45, 7) is 7.14. The molecule has 21 heavy (non-hydrogen) atoms. The zero-order valence-electron chi connectivity index (χ0n) is 13.0. The predicted octanol–water partition coefficient (Wildman–Crippen LogP) is 3.59. The lowest BCUT2D eigenvalue weighted by Crippen LogP contribution is -2.51. The van der Waals surface area contributed by atoms with Crippen molar-refractivity contribution in [3.8, 4) is 5.75 Å². The Morgan fingerprint density at radius 3 is 2.62 bits per heavy atom. The highest BCUT2D eigenvalue weighted by molar-refractivity contribution is 5.39. The van der Waals surface area contributed by atoms with E-state index in [0.29, 0.717) is 0 Å². The van der Waals surface area contributed by atoms with Crippen LogP contribution in [0.1, 0.15) is 51.6 Å². The van der Waals surface area contributed by atoms with Gasteiger partial charge in [-0.15, -0.1) is 0 Å². The molecule has 116 valence electrons. The standard InChI is InChI=1S/C17H24FNO2/c1-4-19-15-10-17(8-11(2)20-12(3)9-17)21-16-6-5-13(18)7-14(15)16/h5-7,11-12,15,19H,4,8-10H2,1-3H3. The Morgan fingerprint density at radius 2 is 1.95 bits per heavy atom. The molecule has 4 heteroatoms. The highest BCUT2D eigenvalue weighted by Gasteiger charge is 2.45. The average molecular weight is 293 g/mol. The van der Waals surface area contributed by atoms with Gasteiger partial charge < -0.3 is 14.8 Å². The van der Waals surface area contributed by atoms with Gasteiger partial charge in [0.25, 0.3) is 0 Å². The molecule has 2 aliphatic heterocycles. The molecule has 1 fully saturated rings. The Bertz CT molecular complexity index is 510. The molecular formula is C17H24FNO2. The van der Waals surface area contributed by atoms with Crippen LogP contribution in [0.4, 0.5) is 4.39 Å². The fraction of sp³-hybridized carbons (Fsp3) is 0.647. The van der Waals surface area contributed by atoms with Crippen LogP contribution < -0.4 is 10.1 Å². The lowest BCUT2D eigenvalue weighted by atomic mass is 9.78. The number of fused-ring (bicyclic) bond motifs is 1. The van der Waals surface area contributed by atoms with E-state index in [1.807, 2.05) is 0 Å². The first-order valence-electron chi connectivity index (χ1n) is 7.88. The number of hydrogen-bond acceptors (Lipinski definition) is 3. The van der Waals surface area contributed by atoms with Gasteiger partial charge in [-0.05, 0) is 38.6 Å². The van der Waals surface area contributed by atoms with Crippen LogP contribution >= 0.6 is 0 Å². The Kier molecular flexibility index (Phi) is 3.93. The maximum atomic E-state index is 13.6. The van der Waals surface area contributed by atoms with Crippen LogP contribution in [0, 0.1) is 5.82 Å². The lowest BCUT2D eigenvalue weighted by molar-refractivity contribution is -0.130. The van der Waals surface area contributed by atoms with Gasteiger partial charge in [0.05, 0.1) is 12.2 Å². The van der Waals surface area contributed by atoms with Crippen LogP contribution in [0.15, 0.2) is 18.2 Å². The summed E-state index contributed by atoms with van der Waals surface area (Å²) in [6.07, 6.45) is 3.03. The molecule has 3 unspecified atom stereocenters. The molecule has 2 aliphatic rings. The van der Waals surface area contributed by atoms with Crippen LogP contribution in [-0.2, 0) is 4.74 Å². The highest BCUT2D eigenvalue weighted by Crippen LogP contribution is 2.46. The zero-order chi connectivity index (χ0) is 15.0. The zero-order valence-corrected chi connectivity index (χ0v) is 13.0. The smallest absolute Gasteiger partial charge is 0.125 e.